The first-order valence-corrected chi connectivity index (χ1v) is 11.2. The summed E-state index contributed by atoms with van der Waals surface area (Å²) in [5.74, 6) is 2.18. The fraction of sp³-hybridized carbons (Fsp3) is 0.400. The lowest BCUT2D eigenvalue weighted by atomic mass is 9.96. The lowest BCUT2D eigenvalue weighted by Gasteiger charge is -2.30. The van der Waals surface area contributed by atoms with Gasteiger partial charge < -0.3 is 14.6 Å². The van der Waals surface area contributed by atoms with Gasteiger partial charge in [0.05, 0.1) is 13.2 Å². The molecule has 7 heteroatoms. The highest BCUT2D eigenvalue weighted by Crippen LogP contribution is 2.22. The molecule has 2 aromatic carbocycles. The number of para-hydroxylation sites is 1. The van der Waals surface area contributed by atoms with E-state index in [2.05, 4.69) is 27.3 Å². The van der Waals surface area contributed by atoms with Gasteiger partial charge in [-0.25, -0.2) is 0 Å². The van der Waals surface area contributed by atoms with Crippen molar-refractivity contribution < 1.29 is 14.1 Å². The Hall–Kier alpha value is -3.19. The van der Waals surface area contributed by atoms with Crippen LogP contribution >= 0.6 is 0 Å². The van der Waals surface area contributed by atoms with Crippen molar-refractivity contribution in [1.82, 2.24) is 20.4 Å². The predicted octanol–water partition coefficient (Wildman–Crippen LogP) is 3.97. The fourth-order valence-electron chi connectivity index (χ4n) is 3.96. The molecule has 1 amide bonds. The highest BCUT2D eigenvalue weighted by Gasteiger charge is 2.26. The number of rotatable bonds is 8. The Labute approximate surface area is 188 Å². The second-order valence-electron chi connectivity index (χ2n) is 8.19. The topological polar surface area (TPSA) is 80.5 Å². The number of ether oxygens (including phenoxy) is 1. The molecule has 1 saturated heterocycles. The van der Waals surface area contributed by atoms with E-state index in [0.717, 1.165) is 42.8 Å². The van der Waals surface area contributed by atoms with Gasteiger partial charge in [-0.3, -0.25) is 9.69 Å². The molecule has 1 aliphatic heterocycles. The lowest BCUT2D eigenvalue weighted by Crippen LogP contribution is -2.40. The van der Waals surface area contributed by atoms with E-state index >= 15 is 0 Å². The summed E-state index contributed by atoms with van der Waals surface area (Å²) in [6.45, 7) is 7.37. The number of nitrogens with zero attached hydrogens (tertiary/aromatic N) is 3. The predicted molar refractivity (Wildman–Crippen MR) is 122 cm³/mol. The van der Waals surface area contributed by atoms with Crippen LogP contribution in [0.2, 0.25) is 0 Å². The van der Waals surface area contributed by atoms with Crippen molar-refractivity contribution in [2.45, 2.75) is 39.8 Å². The van der Waals surface area contributed by atoms with Crippen LogP contribution in [0.15, 0.2) is 53.1 Å². The molecule has 2 heterocycles. The van der Waals surface area contributed by atoms with E-state index in [9.17, 15) is 4.79 Å². The van der Waals surface area contributed by atoms with Gasteiger partial charge in [-0.2, -0.15) is 4.98 Å². The molecule has 1 aromatic heterocycles. The van der Waals surface area contributed by atoms with Crippen molar-refractivity contribution in [3.63, 3.8) is 0 Å². The van der Waals surface area contributed by atoms with E-state index in [-0.39, 0.29) is 11.8 Å². The van der Waals surface area contributed by atoms with Gasteiger partial charge in [0.2, 0.25) is 17.6 Å². The molecule has 0 bridgehead atoms. The average molecular weight is 435 g/mol. The molecule has 0 radical (unpaired) electrons. The van der Waals surface area contributed by atoms with Crippen LogP contribution in [-0.4, -0.2) is 40.6 Å². The van der Waals surface area contributed by atoms with Crippen molar-refractivity contribution >= 4 is 5.91 Å². The van der Waals surface area contributed by atoms with Gasteiger partial charge in [-0.05, 0) is 45.8 Å². The van der Waals surface area contributed by atoms with Crippen LogP contribution in [0.1, 0.15) is 36.8 Å². The quantitative estimate of drug-likeness (QED) is 0.578. The molecule has 4 rings (SSSR count). The highest BCUT2D eigenvalue weighted by atomic mass is 16.5. The molecule has 7 nitrogen and oxygen atoms in total. The number of nitrogens with one attached hydrogen (secondary N) is 1. The number of amides is 1. The molecule has 0 spiro atoms. The standard InChI is InChI=1S/C25H30N4O3/c1-3-31-22-7-5-4-6-21(22)16-26-25(30)20-12-14-29(15-13-20)17-23-27-24(28-32-23)19-10-8-18(2)9-11-19/h4-11,20H,3,12-17H2,1-2H3,(H,26,30). The summed E-state index contributed by atoms with van der Waals surface area (Å²) in [7, 11) is 0. The van der Waals surface area contributed by atoms with Gasteiger partial charge in [0.15, 0.2) is 0 Å². The number of carbonyl (C=O) groups excluding carboxylic acids is 1. The van der Waals surface area contributed by atoms with Crippen LogP contribution in [0.3, 0.4) is 0 Å². The first-order valence-electron chi connectivity index (χ1n) is 11.2. The van der Waals surface area contributed by atoms with Crippen LogP contribution in [0.5, 0.6) is 5.75 Å². The number of hydrogen-bond donors (Lipinski definition) is 1. The largest absolute Gasteiger partial charge is 0.494 e. The van der Waals surface area contributed by atoms with E-state index in [1.54, 1.807) is 0 Å². The van der Waals surface area contributed by atoms with Gasteiger partial charge in [-0.15, -0.1) is 0 Å². The Bertz CT molecular complexity index is 1020. The number of aryl methyl sites for hydroxylation is 1. The van der Waals surface area contributed by atoms with Gasteiger partial charge in [0, 0.05) is 23.6 Å². The van der Waals surface area contributed by atoms with E-state index in [1.807, 2.05) is 55.5 Å². The Kier molecular flexibility index (Phi) is 7.17. The minimum atomic E-state index is 0.0244. The molecule has 0 saturated carbocycles. The number of aromatic nitrogens is 2. The molecule has 32 heavy (non-hydrogen) atoms. The monoisotopic (exact) mass is 434 g/mol. The molecule has 1 aliphatic rings. The Morgan fingerprint density at radius 2 is 1.91 bits per heavy atom. The molecule has 0 aliphatic carbocycles. The third-order valence-electron chi connectivity index (χ3n) is 5.82. The fourth-order valence-corrected chi connectivity index (χ4v) is 3.96. The van der Waals surface area contributed by atoms with Crippen LogP contribution in [0, 0.1) is 12.8 Å². The highest BCUT2D eigenvalue weighted by molar-refractivity contribution is 5.78. The minimum absolute atomic E-state index is 0.0244. The summed E-state index contributed by atoms with van der Waals surface area (Å²) in [5.41, 5.74) is 3.15. The second kappa shape index (κ2) is 10.4. The van der Waals surface area contributed by atoms with Crippen molar-refractivity contribution in [3.05, 3.63) is 65.5 Å². The van der Waals surface area contributed by atoms with Crippen LogP contribution in [0.25, 0.3) is 11.4 Å². The third kappa shape index (κ3) is 5.53. The Morgan fingerprint density at radius 3 is 2.66 bits per heavy atom. The van der Waals surface area contributed by atoms with E-state index in [1.165, 1.54) is 5.56 Å². The molecule has 0 unspecified atom stereocenters. The maximum absolute atomic E-state index is 12.7. The van der Waals surface area contributed by atoms with Gasteiger partial charge in [-0.1, -0.05) is 53.2 Å². The van der Waals surface area contributed by atoms with Crippen LogP contribution < -0.4 is 10.1 Å². The summed E-state index contributed by atoms with van der Waals surface area (Å²) in [4.78, 5) is 19.5. The summed E-state index contributed by atoms with van der Waals surface area (Å²) in [6, 6.07) is 15.9. The second-order valence-corrected chi connectivity index (χ2v) is 8.19. The van der Waals surface area contributed by atoms with Gasteiger partial charge >= 0.3 is 0 Å². The van der Waals surface area contributed by atoms with E-state index in [4.69, 9.17) is 9.26 Å². The molecule has 1 N–H and O–H groups in total. The number of benzene rings is 2. The molecule has 168 valence electrons. The minimum Gasteiger partial charge on any atom is -0.494 e. The molecule has 1 fully saturated rings. The Morgan fingerprint density at radius 1 is 1.16 bits per heavy atom. The van der Waals surface area contributed by atoms with Crippen molar-refractivity contribution in [3.8, 4) is 17.1 Å². The first-order chi connectivity index (χ1) is 15.6. The smallest absolute Gasteiger partial charge is 0.241 e. The third-order valence-corrected chi connectivity index (χ3v) is 5.82. The Balaban J connectivity index is 1.25. The summed E-state index contributed by atoms with van der Waals surface area (Å²) in [5, 5.41) is 7.19. The zero-order valence-corrected chi connectivity index (χ0v) is 18.7. The maximum atomic E-state index is 12.7. The zero-order valence-electron chi connectivity index (χ0n) is 18.7. The number of hydrogen-bond acceptors (Lipinski definition) is 6. The van der Waals surface area contributed by atoms with Crippen molar-refractivity contribution in [2.75, 3.05) is 19.7 Å². The van der Waals surface area contributed by atoms with Crippen LogP contribution in [0.4, 0.5) is 0 Å². The summed E-state index contributed by atoms with van der Waals surface area (Å²) < 4.78 is 11.1. The van der Waals surface area contributed by atoms with Gasteiger partial charge in [0.1, 0.15) is 5.75 Å². The van der Waals surface area contributed by atoms with Gasteiger partial charge in [0.25, 0.3) is 0 Å². The van der Waals surface area contributed by atoms with Crippen LogP contribution in [-0.2, 0) is 17.9 Å². The van der Waals surface area contributed by atoms with Crippen molar-refractivity contribution in [1.29, 1.82) is 0 Å². The number of likely N-dealkylation sites (tertiary alicyclic amines) is 1. The summed E-state index contributed by atoms with van der Waals surface area (Å²) >= 11 is 0. The SMILES string of the molecule is CCOc1ccccc1CNC(=O)C1CCN(Cc2nc(-c3ccc(C)cc3)no2)CC1. The molecule has 0 atom stereocenters. The number of carbonyl (C=O) groups is 1. The first kappa shape index (κ1) is 22.0. The zero-order chi connectivity index (χ0) is 22.3. The van der Waals surface area contributed by atoms with E-state index in [0.29, 0.717) is 31.4 Å². The molecular formula is C25H30N4O3. The molecule has 3 aromatic rings. The normalized spacial score (nSPS) is 14.9. The number of piperidine rings is 1. The summed E-state index contributed by atoms with van der Waals surface area (Å²) in [6.07, 6.45) is 1.63. The lowest BCUT2D eigenvalue weighted by molar-refractivity contribution is -0.126. The van der Waals surface area contributed by atoms with E-state index < -0.39 is 0 Å². The maximum Gasteiger partial charge on any atom is 0.241 e. The van der Waals surface area contributed by atoms with Crippen molar-refractivity contribution in [2.24, 2.45) is 5.92 Å². The molecular weight excluding hydrogens is 404 g/mol. The average Bonchev–Trinajstić information content (AvgIpc) is 3.28.